The summed E-state index contributed by atoms with van der Waals surface area (Å²) >= 11 is 0. The van der Waals surface area contributed by atoms with Crippen molar-refractivity contribution in [1.29, 1.82) is 0 Å². The van der Waals surface area contributed by atoms with Crippen LogP contribution in [0.5, 0.6) is 0 Å². The highest BCUT2D eigenvalue weighted by Crippen LogP contribution is 2.31. The molecule has 3 rings (SSSR count). The van der Waals surface area contributed by atoms with Gasteiger partial charge >= 0.3 is 0 Å². The van der Waals surface area contributed by atoms with Gasteiger partial charge in [-0.15, -0.1) is 0 Å². The number of likely N-dealkylation sites (tertiary alicyclic amines) is 1. The van der Waals surface area contributed by atoms with E-state index in [1.54, 1.807) is 30.1 Å². The van der Waals surface area contributed by atoms with Gasteiger partial charge in [-0.2, -0.15) is 0 Å². The SMILES string of the molecule is CN1CC(N2C(=O)c3cccc(N)c3C2=O)CCC1=O. The molecule has 0 bridgehead atoms. The van der Waals surface area contributed by atoms with Crippen LogP contribution in [0.1, 0.15) is 33.6 Å². The number of benzene rings is 1. The summed E-state index contributed by atoms with van der Waals surface area (Å²) < 4.78 is 0. The lowest BCUT2D eigenvalue weighted by atomic mass is 10.0. The van der Waals surface area contributed by atoms with Crippen molar-refractivity contribution in [2.24, 2.45) is 0 Å². The van der Waals surface area contributed by atoms with E-state index in [4.69, 9.17) is 5.73 Å². The maximum Gasteiger partial charge on any atom is 0.263 e. The molecule has 1 unspecified atom stereocenters. The highest BCUT2D eigenvalue weighted by Gasteiger charge is 2.42. The van der Waals surface area contributed by atoms with Gasteiger partial charge in [-0.05, 0) is 18.6 Å². The summed E-state index contributed by atoms with van der Waals surface area (Å²) in [5.41, 5.74) is 6.77. The number of likely N-dealkylation sites (N-methyl/N-ethyl adjacent to an activating group) is 1. The zero-order valence-electron chi connectivity index (χ0n) is 11.1. The van der Waals surface area contributed by atoms with Gasteiger partial charge in [0.2, 0.25) is 5.91 Å². The van der Waals surface area contributed by atoms with Crippen molar-refractivity contribution in [3.63, 3.8) is 0 Å². The number of amides is 3. The first kappa shape index (κ1) is 12.7. The number of carbonyl (C=O) groups excluding carboxylic acids is 3. The van der Waals surface area contributed by atoms with Gasteiger partial charge in [0.15, 0.2) is 0 Å². The largest absolute Gasteiger partial charge is 0.398 e. The molecule has 1 atom stereocenters. The molecule has 0 spiro atoms. The molecule has 0 aromatic heterocycles. The molecule has 104 valence electrons. The summed E-state index contributed by atoms with van der Waals surface area (Å²) in [4.78, 5) is 39.1. The van der Waals surface area contributed by atoms with Gasteiger partial charge in [0.05, 0.1) is 17.2 Å². The van der Waals surface area contributed by atoms with Gasteiger partial charge in [0.1, 0.15) is 0 Å². The van der Waals surface area contributed by atoms with Crippen molar-refractivity contribution in [3.05, 3.63) is 29.3 Å². The maximum atomic E-state index is 12.4. The molecular formula is C14H15N3O3. The molecule has 2 heterocycles. The third-order valence-electron chi connectivity index (χ3n) is 3.95. The summed E-state index contributed by atoms with van der Waals surface area (Å²) in [6, 6.07) is 4.62. The molecule has 6 heteroatoms. The van der Waals surface area contributed by atoms with E-state index in [1.165, 1.54) is 4.90 Å². The maximum absolute atomic E-state index is 12.4. The van der Waals surface area contributed by atoms with E-state index in [0.29, 0.717) is 30.6 Å². The number of fused-ring (bicyclic) bond motifs is 1. The Bertz CT molecular complexity index is 626. The van der Waals surface area contributed by atoms with Crippen LogP contribution in [0.2, 0.25) is 0 Å². The van der Waals surface area contributed by atoms with Crippen LogP contribution in [0.3, 0.4) is 0 Å². The van der Waals surface area contributed by atoms with Crippen LogP contribution >= 0.6 is 0 Å². The fraction of sp³-hybridized carbons (Fsp3) is 0.357. The van der Waals surface area contributed by atoms with Crippen LogP contribution in [-0.4, -0.2) is 47.2 Å². The first-order valence-electron chi connectivity index (χ1n) is 6.51. The zero-order chi connectivity index (χ0) is 14.4. The van der Waals surface area contributed by atoms with E-state index in [0.717, 1.165) is 0 Å². The lowest BCUT2D eigenvalue weighted by molar-refractivity contribution is -0.133. The quantitative estimate of drug-likeness (QED) is 0.596. The second-order valence-corrected chi connectivity index (χ2v) is 5.22. The third-order valence-corrected chi connectivity index (χ3v) is 3.95. The highest BCUT2D eigenvalue weighted by molar-refractivity contribution is 6.23. The van der Waals surface area contributed by atoms with E-state index < -0.39 is 0 Å². The van der Waals surface area contributed by atoms with Crippen LogP contribution in [0, 0.1) is 0 Å². The summed E-state index contributed by atoms with van der Waals surface area (Å²) in [5.74, 6) is -0.627. The monoisotopic (exact) mass is 273 g/mol. The molecule has 2 aliphatic rings. The molecule has 1 fully saturated rings. The Labute approximate surface area is 116 Å². The van der Waals surface area contributed by atoms with Crippen LogP contribution < -0.4 is 5.73 Å². The fourth-order valence-corrected chi connectivity index (χ4v) is 2.86. The standard InChI is InChI=1S/C14H15N3O3/c1-16-7-8(5-6-11(16)18)17-13(19)9-3-2-4-10(15)12(9)14(17)20/h2-4,8H,5-7,15H2,1H3. The Morgan fingerprint density at radius 2 is 1.95 bits per heavy atom. The second kappa shape index (κ2) is 4.33. The molecule has 0 aliphatic carbocycles. The molecular weight excluding hydrogens is 258 g/mol. The average molecular weight is 273 g/mol. The minimum Gasteiger partial charge on any atom is -0.398 e. The van der Waals surface area contributed by atoms with Gasteiger partial charge in [-0.3, -0.25) is 19.3 Å². The van der Waals surface area contributed by atoms with Crippen molar-refractivity contribution in [1.82, 2.24) is 9.80 Å². The topological polar surface area (TPSA) is 83.7 Å². The first-order chi connectivity index (χ1) is 9.50. The lowest BCUT2D eigenvalue weighted by Crippen LogP contribution is -2.50. The van der Waals surface area contributed by atoms with Gasteiger partial charge < -0.3 is 10.6 Å². The van der Waals surface area contributed by atoms with E-state index in [9.17, 15) is 14.4 Å². The van der Waals surface area contributed by atoms with Gasteiger partial charge in [-0.25, -0.2) is 0 Å². The number of rotatable bonds is 1. The summed E-state index contributed by atoms with van der Waals surface area (Å²) in [7, 11) is 1.68. The molecule has 1 saturated heterocycles. The Morgan fingerprint density at radius 1 is 1.20 bits per heavy atom. The number of anilines is 1. The molecule has 20 heavy (non-hydrogen) atoms. The number of nitrogen functional groups attached to an aromatic ring is 1. The van der Waals surface area contributed by atoms with E-state index in [2.05, 4.69) is 0 Å². The fourth-order valence-electron chi connectivity index (χ4n) is 2.86. The minimum absolute atomic E-state index is 0.0392. The Morgan fingerprint density at radius 3 is 2.60 bits per heavy atom. The Balaban J connectivity index is 1.94. The van der Waals surface area contributed by atoms with Gasteiger partial charge in [-0.1, -0.05) is 6.07 Å². The number of imide groups is 1. The molecule has 0 saturated carbocycles. The number of nitrogens with two attached hydrogens (primary N) is 1. The second-order valence-electron chi connectivity index (χ2n) is 5.22. The number of hydrogen-bond acceptors (Lipinski definition) is 4. The van der Waals surface area contributed by atoms with Crippen molar-refractivity contribution < 1.29 is 14.4 Å². The normalized spacial score (nSPS) is 22.4. The van der Waals surface area contributed by atoms with Gasteiger partial charge in [0, 0.05) is 25.7 Å². The van der Waals surface area contributed by atoms with Crippen molar-refractivity contribution in [2.45, 2.75) is 18.9 Å². The lowest BCUT2D eigenvalue weighted by Gasteiger charge is -2.34. The molecule has 3 amide bonds. The Kier molecular flexibility index (Phi) is 2.74. The molecule has 2 aliphatic heterocycles. The van der Waals surface area contributed by atoms with Gasteiger partial charge in [0.25, 0.3) is 11.8 Å². The first-order valence-corrected chi connectivity index (χ1v) is 6.51. The van der Waals surface area contributed by atoms with Crippen LogP contribution in [0.4, 0.5) is 5.69 Å². The minimum atomic E-state index is -0.351. The number of hydrogen-bond donors (Lipinski definition) is 1. The highest BCUT2D eigenvalue weighted by atomic mass is 16.2. The summed E-state index contributed by atoms with van der Waals surface area (Å²) in [5, 5.41) is 0. The van der Waals surface area contributed by atoms with Crippen molar-refractivity contribution in [2.75, 3.05) is 19.3 Å². The number of carbonyl (C=O) groups is 3. The predicted molar refractivity (Wildman–Crippen MR) is 72.0 cm³/mol. The predicted octanol–water partition coefficient (Wildman–Crippen LogP) is 0.486. The smallest absolute Gasteiger partial charge is 0.263 e. The van der Waals surface area contributed by atoms with Crippen LogP contribution in [0.15, 0.2) is 18.2 Å². The average Bonchev–Trinajstić information content (AvgIpc) is 2.67. The number of piperidine rings is 1. The summed E-state index contributed by atoms with van der Waals surface area (Å²) in [6.07, 6.45) is 0.860. The third kappa shape index (κ3) is 1.68. The molecule has 2 N–H and O–H groups in total. The summed E-state index contributed by atoms with van der Waals surface area (Å²) in [6.45, 7) is 0.379. The van der Waals surface area contributed by atoms with E-state index in [1.807, 2.05) is 0 Å². The van der Waals surface area contributed by atoms with Crippen molar-refractivity contribution in [3.8, 4) is 0 Å². The van der Waals surface area contributed by atoms with E-state index >= 15 is 0 Å². The van der Waals surface area contributed by atoms with Crippen molar-refractivity contribution >= 4 is 23.4 Å². The Hall–Kier alpha value is -2.37. The molecule has 1 aromatic rings. The molecule has 1 aromatic carbocycles. The zero-order valence-corrected chi connectivity index (χ0v) is 11.1. The molecule has 6 nitrogen and oxygen atoms in total. The molecule has 0 radical (unpaired) electrons. The van der Waals surface area contributed by atoms with Crippen LogP contribution in [-0.2, 0) is 4.79 Å². The number of nitrogens with zero attached hydrogens (tertiary/aromatic N) is 2. The van der Waals surface area contributed by atoms with Crippen LogP contribution in [0.25, 0.3) is 0 Å². The van der Waals surface area contributed by atoms with E-state index in [-0.39, 0.29) is 29.3 Å².